The van der Waals surface area contributed by atoms with E-state index >= 15 is 0 Å². The first-order valence-corrected chi connectivity index (χ1v) is 4.58. The van der Waals surface area contributed by atoms with Gasteiger partial charge in [0.25, 0.3) is 0 Å². The third-order valence-electron chi connectivity index (χ3n) is 2.73. The van der Waals surface area contributed by atoms with E-state index in [4.69, 9.17) is 0 Å². The van der Waals surface area contributed by atoms with Gasteiger partial charge < -0.3 is 10.6 Å². The van der Waals surface area contributed by atoms with E-state index in [9.17, 15) is 18.0 Å². The first-order valence-electron chi connectivity index (χ1n) is 4.58. The highest BCUT2D eigenvalue weighted by molar-refractivity contribution is 5.81. The maximum absolute atomic E-state index is 11.8. The number of carbonyl (C=O) groups excluding carboxylic acids is 1. The summed E-state index contributed by atoms with van der Waals surface area (Å²) in [6, 6.07) is 0.507. The lowest BCUT2D eigenvalue weighted by Crippen LogP contribution is -2.44. The molecule has 2 rings (SSSR count). The molecule has 3 atom stereocenters. The molecule has 1 heterocycles. The predicted octanol–water partition coefficient (Wildman–Crippen LogP) is 0.415. The Labute approximate surface area is 79.0 Å². The van der Waals surface area contributed by atoms with Gasteiger partial charge in [0.05, 0.1) is 0 Å². The lowest BCUT2D eigenvalue weighted by molar-refractivity contribution is -0.173. The monoisotopic (exact) mass is 208 g/mol. The number of amides is 1. The van der Waals surface area contributed by atoms with Crippen molar-refractivity contribution in [3.63, 3.8) is 0 Å². The molecule has 0 spiro atoms. The molecule has 2 aliphatic rings. The third-order valence-corrected chi connectivity index (χ3v) is 2.73. The standard InChI is InChI=1S/C8H11F3N2O/c9-8(10,11)7(14)12-3-5-1-4-2-6(4)13-5/h4-6,13H,1-3H2,(H,12,14). The van der Waals surface area contributed by atoms with E-state index in [0.29, 0.717) is 12.0 Å². The summed E-state index contributed by atoms with van der Waals surface area (Å²) in [6.07, 6.45) is -2.76. The van der Waals surface area contributed by atoms with E-state index in [1.165, 1.54) is 0 Å². The van der Waals surface area contributed by atoms with E-state index in [1.807, 2.05) is 5.32 Å². The van der Waals surface area contributed by atoms with Gasteiger partial charge >= 0.3 is 12.1 Å². The minimum Gasteiger partial charge on any atom is -0.347 e. The summed E-state index contributed by atoms with van der Waals surface area (Å²) in [7, 11) is 0. The Kier molecular flexibility index (Phi) is 2.17. The maximum atomic E-state index is 11.8. The fraction of sp³-hybridized carbons (Fsp3) is 0.875. The van der Waals surface area contributed by atoms with Crippen LogP contribution in [-0.2, 0) is 4.79 Å². The molecule has 0 aromatic heterocycles. The minimum atomic E-state index is -4.76. The van der Waals surface area contributed by atoms with Crippen LogP contribution in [0.1, 0.15) is 12.8 Å². The Morgan fingerprint density at radius 3 is 2.64 bits per heavy atom. The number of piperidine rings is 1. The molecule has 3 nitrogen and oxygen atoms in total. The highest BCUT2D eigenvalue weighted by atomic mass is 19.4. The summed E-state index contributed by atoms with van der Waals surface area (Å²) in [4.78, 5) is 10.5. The molecule has 0 aromatic carbocycles. The van der Waals surface area contributed by atoms with E-state index in [2.05, 4.69) is 5.32 Å². The van der Waals surface area contributed by atoms with Gasteiger partial charge in [-0.05, 0) is 18.8 Å². The second-order valence-electron chi connectivity index (χ2n) is 3.91. The molecule has 6 heteroatoms. The van der Waals surface area contributed by atoms with Crippen molar-refractivity contribution in [2.45, 2.75) is 31.1 Å². The maximum Gasteiger partial charge on any atom is 0.471 e. The normalized spacial score (nSPS) is 35.2. The molecule has 14 heavy (non-hydrogen) atoms. The fourth-order valence-electron chi connectivity index (χ4n) is 1.91. The van der Waals surface area contributed by atoms with E-state index < -0.39 is 12.1 Å². The van der Waals surface area contributed by atoms with Gasteiger partial charge in [0, 0.05) is 18.6 Å². The quantitative estimate of drug-likeness (QED) is 0.690. The van der Waals surface area contributed by atoms with Crippen LogP contribution in [0, 0.1) is 5.92 Å². The average Bonchev–Trinajstić information content (AvgIpc) is 2.68. The highest BCUT2D eigenvalue weighted by Gasteiger charge is 2.46. The average molecular weight is 208 g/mol. The Balaban J connectivity index is 1.70. The van der Waals surface area contributed by atoms with Gasteiger partial charge in [0.1, 0.15) is 0 Å². The second kappa shape index (κ2) is 3.12. The van der Waals surface area contributed by atoms with Gasteiger partial charge in [0.2, 0.25) is 0 Å². The van der Waals surface area contributed by atoms with Crippen LogP contribution in [0.4, 0.5) is 13.2 Å². The van der Waals surface area contributed by atoms with Crippen LogP contribution in [0.25, 0.3) is 0 Å². The molecule has 1 saturated heterocycles. The van der Waals surface area contributed by atoms with Crippen LogP contribution >= 0.6 is 0 Å². The number of fused-ring (bicyclic) bond motifs is 1. The molecule has 3 unspecified atom stereocenters. The molecule has 0 radical (unpaired) electrons. The zero-order valence-electron chi connectivity index (χ0n) is 7.40. The van der Waals surface area contributed by atoms with Crippen molar-refractivity contribution in [3.8, 4) is 0 Å². The number of hydrogen-bond acceptors (Lipinski definition) is 2. The summed E-state index contributed by atoms with van der Waals surface area (Å²) in [5.74, 6) is -1.22. The van der Waals surface area contributed by atoms with Crippen LogP contribution in [0.5, 0.6) is 0 Å². The molecular formula is C8H11F3N2O. The van der Waals surface area contributed by atoms with Gasteiger partial charge in [-0.1, -0.05) is 0 Å². The number of rotatable bonds is 2. The Bertz CT molecular complexity index is 243. The van der Waals surface area contributed by atoms with Crippen molar-refractivity contribution in [1.29, 1.82) is 0 Å². The number of alkyl halides is 3. The van der Waals surface area contributed by atoms with Crippen LogP contribution in [-0.4, -0.2) is 30.7 Å². The number of hydrogen-bond donors (Lipinski definition) is 2. The molecule has 2 N–H and O–H groups in total. The first kappa shape index (κ1) is 9.76. The lowest BCUT2D eigenvalue weighted by Gasteiger charge is -2.14. The third kappa shape index (κ3) is 2.00. The smallest absolute Gasteiger partial charge is 0.347 e. The summed E-state index contributed by atoms with van der Waals surface area (Å²) >= 11 is 0. The largest absolute Gasteiger partial charge is 0.471 e. The van der Waals surface area contributed by atoms with Gasteiger partial charge in [-0.3, -0.25) is 4.79 Å². The highest BCUT2D eigenvalue weighted by Crippen LogP contribution is 2.40. The second-order valence-corrected chi connectivity index (χ2v) is 3.91. The van der Waals surface area contributed by atoms with Crippen LogP contribution in [0.3, 0.4) is 0 Å². The summed E-state index contributed by atoms with van der Waals surface area (Å²) in [5, 5.41) is 5.03. The summed E-state index contributed by atoms with van der Waals surface area (Å²) in [5.41, 5.74) is 0. The van der Waals surface area contributed by atoms with Crippen LogP contribution in [0.2, 0.25) is 0 Å². The first-order chi connectivity index (χ1) is 6.47. The van der Waals surface area contributed by atoms with Crippen molar-refractivity contribution >= 4 is 5.91 Å². The molecule has 1 amide bonds. The van der Waals surface area contributed by atoms with Gasteiger partial charge in [0.15, 0.2) is 0 Å². The van der Waals surface area contributed by atoms with Crippen LogP contribution < -0.4 is 10.6 Å². The molecule has 1 aliphatic carbocycles. The number of halogens is 3. The number of carbonyl (C=O) groups is 1. The minimum absolute atomic E-state index is 0.0186. The van der Waals surface area contributed by atoms with E-state index in [1.54, 1.807) is 0 Å². The van der Waals surface area contributed by atoms with E-state index in [0.717, 1.165) is 12.8 Å². The Hall–Kier alpha value is -0.780. The Morgan fingerprint density at radius 2 is 2.14 bits per heavy atom. The van der Waals surface area contributed by atoms with Crippen molar-refractivity contribution in [2.75, 3.05) is 6.54 Å². The van der Waals surface area contributed by atoms with E-state index in [-0.39, 0.29) is 12.6 Å². The fourth-order valence-corrected chi connectivity index (χ4v) is 1.91. The Morgan fingerprint density at radius 1 is 1.43 bits per heavy atom. The van der Waals surface area contributed by atoms with Crippen molar-refractivity contribution < 1.29 is 18.0 Å². The van der Waals surface area contributed by atoms with Crippen LogP contribution in [0.15, 0.2) is 0 Å². The molecule has 80 valence electrons. The molecule has 1 saturated carbocycles. The number of nitrogens with one attached hydrogen (secondary N) is 2. The lowest BCUT2D eigenvalue weighted by atomic mass is 10.2. The van der Waals surface area contributed by atoms with Crippen molar-refractivity contribution in [2.24, 2.45) is 5.92 Å². The van der Waals surface area contributed by atoms with Gasteiger partial charge in [-0.25, -0.2) is 0 Å². The van der Waals surface area contributed by atoms with Gasteiger partial charge in [-0.15, -0.1) is 0 Å². The van der Waals surface area contributed by atoms with Crippen molar-refractivity contribution in [3.05, 3.63) is 0 Å². The van der Waals surface area contributed by atoms with Crippen molar-refractivity contribution in [1.82, 2.24) is 10.6 Å². The SMILES string of the molecule is O=C(NCC1CC2CC2N1)C(F)(F)F. The molecule has 1 aliphatic heterocycles. The molecule has 0 bridgehead atoms. The predicted molar refractivity (Wildman–Crippen MR) is 42.5 cm³/mol. The zero-order chi connectivity index (χ0) is 10.3. The summed E-state index contributed by atoms with van der Waals surface area (Å²) in [6.45, 7) is 0.0747. The topological polar surface area (TPSA) is 41.1 Å². The molecular weight excluding hydrogens is 197 g/mol. The zero-order valence-corrected chi connectivity index (χ0v) is 7.40. The van der Waals surface area contributed by atoms with Gasteiger partial charge in [-0.2, -0.15) is 13.2 Å². The molecule has 2 fully saturated rings. The summed E-state index contributed by atoms with van der Waals surface area (Å²) < 4.78 is 35.3. The molecule has 0 aromatic rings.